The van der Waals surface area contributed by atoms with Crippen LogP contribution >= 0.6 is 11.6 Å². The summed E-state index contributed by atoms with van der Waals surface area (Å²) in [7, 11) is 0. The van der Waals surface area contributed by atoms with Crippen LogP contribution in [0.25, 0.3) is 0 Å². The van der Waals surface area contributed by atoms with Gasteiger partial charge >= 0.3 is 23.6 Å². The number of anilines is 2. The predicted octanol–water partition coefficient (Wildman–Crippen LogP) is 2.59. The number of carbonyl (C=O) groups excluding carboxylic acids is 4. The van der Waals surface area contributed by atoms with Crippen LogP contribution in [0.1, 0.15) is 17.1 Å². The number of hydrogen-bond donors (Lipinski definition) is 4. The normalized spacial score (nSPS) is 10.5. The number of benzene rings is 2. The summed E-state index contributed by atoms with van der Waals surface area (Å²) in [6, 6.07) is 16.5. The van der Waals surface area contributed by atoms with Crippen molar-refractivity contribution in [2.75, 3.05) is 10.6 Å². The molecule has 34 heavy (non-hydrogen) atoms. The first-order valence-electron chi connectivity index (χ1n) is 9.95. The van der Waals surface area contributed by atoms with Crippen LogP contribution in [0, 0.1) is 6.92 Å². The smallest absolute Gasteiger partial charge is 0.329 e. The van der Waals surface area contributed by atoms with Crippen molar-refractivity contribution in [3.05, 3.63) is 82.8 Å². The minimum Gasteiger partial charge on any atom is -0.458 e. The third kappa shape index (κ3) is 7.04. The number of hydrogen-bond acceptors (Lipinski definition) is 6. The third-order valence-corrected chi connectivity index (χ3v) is 4.59. The SMILES string of the molecule is Cc1ccccc1NC(=O)C(=O)N/N=C/c1ccc(CNC(=O)C(=O)Nc2cccc(Cl)c2)o1. The Bertz CT molecular complexity index is 1250. The number of aryl methyl sites for hydroxylation is 1. The Kier molecular flexibility index (Phi) is 8.14. The van der Waals surface area contributed by atoms with E-state index in [4.69, 9.17) is 16.0 Å². The molecule has 4 amide bonds. The van der Waals surface area contributed by atoms with Gasteiger partial charge in [-0.2, -0.15) is 5.10 Å². The lowest BCUT2D eigenvalue weighted by molar-refractivity contribution is -0.136. The molecule has 0 radical (unpaired) electrons. The van der Waals surface area contributed by atoms with E-state index in [1.54, 1.807) is 49.4 Å². The zero-order valence-electron chi connectivity index (χ0n) is 17.9. The maximum atomic E-state index is 12.0. The fourth-order valence-electron chi connectivity index (χ4n) is 2.66. The molecule has 0 aliphatic carbocycles. The number of hydrazone groups is 1. The molecule has 1 aromatic heterocycles. The molecule has 0 aliphatic rings. The summed E-state index contributed by atoms with van der Waals surface area (Å²) in [4.78, 5) is 47.8. The van der Waals surface area contributed by atoms with Gasteiger partial charge in [-0.1, -0.05) is 35.9 Å². The summed E-state index contributed by atoms with van der Waals surface area (Å²) in [5.41, 5.74) is 3.81. The highest BCUT2D eigenvalue weighted by Gasteiger charge is 2.15. The van der Waals surface area contributed by atoms with Gasteiger partial charge in [0.1, 0.15) is 11.5 Å². The molecule has 3 rings (SSSR count). The molecule has 10 nitrogen and oxygen atoms in total. The Balaban J connectivity index is 1.44. The number of furan rings is 1. The predicted molar refractivity (Wildman–Crippen MR) is 126 cm³/mol. The number of halogens is 1. The highest BCUT2D eigenvalue weighted by molar-refractivity contribution is 6.40. The van der Waals surface area contributed by atoms with Crippen LogP contribution in [-0.4, -0.2) is 29.8 Å². The summed E-state index contributed by atoms with van der Waals surface area (Å²) in [5, 5.41) is 11.4. The summed E-state index contributed by atoms with van der Waals surface area (Å²) in [5.74, 6) is -2.95. The van der Waals surface area contributed by atoms with Crippen LogP contribution < -0.4 is 21.4 Å². The zero-order valence-corrected chi connectivity index (χ0v) is 18.7. The average molecular weight is 482 g/mol. The lowest BCUT2D eigenvalue weighted by Gasteiger charge is -2.06. The molecular weight excluding hydrogens is 462 g/mol. The minimum atomic E-state index is -0.954. The van der Waals surface area contributed by atoms with Gasteiger partial charge in [0.05, 0.1) is 12.8 Å². The highest BCUT2D eigenvalue weighted by Crippen LogP contribution is 2.15. The van der Waals surface area contributed by atoms with Crippen molar-refractivity contribution in [1.82, 2.24) is 10.7 Å². The van der Waals surface area contributed by atoms with Crippen molar-refractivity contribution in [3.8, 4) is 0 Å². The summed E-state index contributed by atoms with van der Waals surface area (Å²) < 4.78 is 5.44. The Morgan fingerprint density at radius 3 is 2.44 bits per heavy atom. The lowest BCUT2D eigenvalue weighted by atomic mass is 10.2. The van der Waals surface area contributed by atoms with Gasteiger partial charge in [-0.3, -0.25) is 19.2 Å². The van der Waals surface area contributed by atoms with Crippen LogP contribution in [0.15, 0.2) is 70.2 Å². The molecule has 1 heterocycles. The number of para-hydroxylation sites is 1. The van der Waals surface area contributed by atoms with E-state index in [1.807, 2.05) is 6.07 Å². The summed E-state index contributed by atoms with van der Waals surface area (Å²) in [6.07, 6.45) is 1.19. The quantitative estimate of drug-likeness (QED) is 0.243. The van der Waals surface area contributed by atoms with Crippen LogP contribution in [0.5, 0.6) is 0 Å². The van der Waals surface area contributed by atoms with Gasteiger partial charge in [0.2, 0.25) is 0 Å². The lowest BCUT2D eigenvalue weighted by Crippen LogP contribution is -2.34. The average Bonchev–Trinajstić information content (AvgIpc) is 3.26. The Morgan fingerprint density at radius 1 is 0.912 bits per heavy atom. The molecule has 4 N–H and O–H groups in total. The van der Waals surface area contributed by atoms with Crippen molar-refractivity contribution < 1.29 is 23.6 Å². The minimum absolute atomic E-state index is 0.0547. The van der Waals surface area contributed by atoms with E-state index in [-0.39, 0.29) is 12.3 Å². The monoisotopic (exact) mass is 481 g/mol. The molecule has 0 unspecified atom stereocenters. The van der Waals surface area contributed by atoms with E-state index in [0.29, 0.717) is 22.2 Å². The van der Waals surface area contributed by atoms with Crippen molar-refractivity contribution >= 4 is 52.8 Å². The number of nitrogens with one attached hydrogen (secondary N) is 4. The second-order valence-corrected chi connectivity index (χ2v) is 7.36. The van der Waals surface area contributed by atoms with Crippen molar-refractivity contribution in [2.45, 2.75) is 13.5 Å². The van der Waals surface area contributed by atoms with Gasteiger partial charge in [-0.25, -0.2) is 5.43 Å². The van der Waals surface area contributed by atoms with Gasteiger partial charge in [0.15, 0.2) is 0 Å². The van der Waals surface area contributed by atoms with E-state index in [1.165, 1.54) is 18.3 Å². The first kappa shape index (κ1) is 24.2. The molecule has 0 fully saturated rings. The fraction of sp³-hybridized carbons (Fsp3) is 0.0870. The van der Waals surface area contributed by atoms with E-state index in [2.05, 4.69) is 26.5 Å². The Labute approximate surface area is 199 Å². The van der Waals surface area contributed by atoms with Gasteiger partial charge < -0.3 is 20.4 Å². The molecule has 174 valence electrons. The number of amides is 4. The van der Waals surface area contributed by atoms with Gasteiger partial charge in [0.25, 0.3) is 0 Å². The molecule has 0 bridgehead atoms. The number of carbonyl (C=O) groups is 4. The van der Waals surface area contributed by atoms with Gasteiger partial charge in [0, 0.05) is 16.4 Å². The van der Waals surface area contributed by atoms with Crippen molar-refractivity contribution in [2.24, 2.45) is 5.10 Å². The van der Waals surface area contributed by atoms with Crippen LogP contribution in [0.2, 0.25) is 5.02 Å². The second-order valence-electron chi connectivity index (χ2n) is 6.92. The molecule has 0 saturated carbocycles. The zero-order chi connectivity index (χ0) is 24.5. The van der Waals surface area contributed by atoms with E-state index >= 15 is 0 Å². The van der Waals surface area contributed by atoms with E-state index < -0.39 is 23.6 Å². The third-order valence-electron chi connectivity index (χ3n) is 4.35. The molecular formula is C23H20ClN5O5. The maximum Gasteiger partial charge on any atom is 0.329 e. The van der Waals surface area contributed by atoms with Crippen molar-refractivity contribution in [1.29, 1.82) is 0 Å². The number of rotatable bonds is 6. The van der Waals surface area contributed by atoms with Crippen LogP contribution in [0.3, 0.4) is 0 Å². The topological polar surface area (TPSA) is 142 Å². The molecule has 3 aromatic rings. The van der Waals surface area contributed by atoms with E-state index in [9.17, 15) is 19.2 Å². The van der Waals surface area contributed by atoms with Gasteiger partial charge in [-0.05, 0) is 48.9 Å². The highest BCUT2D eigenvalue weighted by atomic mass is 35.5. The molecule has 0 atom stereocenters. The summed E-state index contributed by atoms with van der Waals surface area (Å²) in [6.45, 7) is 1.75. The van der Waals surface area contributed by atoms with Crippen LogP contribution in [0.4, 0.5) is 11.4 Å². The largest absolute Gasteiger partial charge is 0.458 e. The Hall–Kier alpha value is -4.44. The molecule has 2 aromatic carbocycles. The number of nitrogens with zero attached hydrogens (tertiary/aromatic N) is 1. The first-order chi connectivity index (χ1) is 16.3. The molecule has 11 heteroatoms. The second kappa shape index (κ2) is 11.4. The van der Waals surface area contributed by atoms with Crippen LogP contribution in [-0.2, 0) is 25.7 Å². The van der Waals surface area contributed by atoms with Crippen molar-refractivity contribution in [3.63, 3.8) is 0 Å². The standard InChI is InChI=1S/C23H20ClN5O5/c1-14-5-2-3-8-19(14)28-22(32)23(33)29-26-13-18-10-9-17(34-18)12-25-20(30)21(31)27-16-7-4-6-15(24)11-16/h2-11,13H,12H2,1H3,(H,25,30)(H,27,31)(H,28,32)(H,29,33)/b26-13+. The molecule has 0 aliphatic heterocycles. The van der Waals surface area contributed by atoms with Gasteiger partial charge in [-0.15, -0.1) is 0 Å². The molecule has 0 saturated heterocycles. The fourth-order valence-corrected chi connectivity index (χ4v) is 2.85. The first-order valence-corrected chi connectivity index (χ1v) is 10.3. The summed E-state index contributed by atoms with van der Waals surface area (Å²) >= 11 is 5.84. The Morgan fingerprint density at radius 2 is 1.68 bits per heavy atom. The van der Waals surface area contributed by atoms with E-state index in [0.717, 1.165) is 5.56 Å². The molecule has 0 spiro atoms. The maximum absolute atomic E-state index is 12.0.